The lowest BCUT2D eigenvalue weighted by atomic mass is 10.2. The summed E-state index contributed by atoms with van der Waals surface area (Å²) in [4.78, 5) is 8.45. The van der Waals surface area contributed by atoms with Crippen molar-refractivity contribution in [3.63, 3.8) is 0 Å². The lowest BCUT2D eigenvalue weighted by Crippen LogP contribution is -2.05. The third kappa shape index (κ3) is 3.34. The molecule has 19 heavy (non-hydrogen) atoms. The summed E-state index contributed by atoms with van der Waals surface area (Å²) >= 11 is 0. The van der Waals surface area contributed by atoms with E-state index >= 15 is 0 Å². The second-order valence-corrected chi connectivity index (χ2v) is 4.01. The van der Waals surface area contributed by atoms with Gasteiger partial charge in [0.1, 0.15) is 17.4 Å². The smallest absolute Gasteiger partial charge is 0.218 e. The highest BCUT2D eigenvalue weighted by Gasteiger charge is 2.04. The number of methoxy groups -OCH3 is 2. The Kier molecular flexibility index (Phi) is 4.18. The van der Waals surface area contributed by atoms with Crippen LogP contribution in [0, 0.1) is 6.92 Å². The molecule has 0 saturated heterocycles. The van der Waals surface area contributed by atoms with E-state index in [0.717, 1.165) is 17.1 Å². The van der Waals surface area contributed by atoms with E-state index in [9.17, 15) is 0 Å². The lowest BCUT2D eigenvalue weighted by Gasteiger charge is -2.10. The molecule has 0 bridgehead atoms. The minimum absolute atomic E-state index is 0.551. The monoisotopic (exact) mass is 259 g/mol. The topological polar surface area (TPSA) is 56.3 Å². The van der Waals surface area contributed by atoms with Crippen molar-refractivity contribution in [2.75, 3.05) is 19.5 Å². The summed E-state index contributed by atoms with van der Waals surface area (Å²) in [6, 6.07) is 9.63. The molecule has 2 rings (SSSR count). The number of nitrogens with one attached hydrogen (secondary N) is 1. The molecule has 1 heterocycles. The molecule has 100 valence electrons. The van der Waals surface area contributed by atoms with Crippen molar-refractivity contribution in [1.29, 1.82) is 0 Å². The molecule has 0 atom stereocenters. The van der Waals surface area contributed by atoms with Crippen LogP contribution in [-0.4, -0.2) is 24.2 Å². The van der Waals surface area contributed by atoms with Crippen LogP contribution in [0.5, 0.6) is 11.6 Å². The van der Waals surface area contributed by atoms with Crippen molar-refractivity contribution in [1.82, 2.24) is 9.97 Å². The highest BCUT2D eigenvalue weighted by molar-refractivity contribution is 5.41. The highest BCUT2D eigenvalue weighted by Crippen LogP contribution is 2.19. The number of ether oxygens (including phenoxy) is 2. The SMILES string of the molecule is COc1cc(NCc2ccccc2OC)nc(C)n1. The van der Waals surface area contributed by atoms with E-state index in [2.05, 4.69) is 15.3 Å². The Balaban J connectivity index is 2.12. The van der Waals surface area contributed by atoms with Crippen LogP contribution < -0.4 is 14.8 Å². The molecule has 1 N–H and O–H groups in total. The first kappa shape index (κ1) is 13.1. The molecule has 0 aliphatic heterocycles. The summed E-state index contributed by atoms with van der Waals surface area (Å²) in [6.45, 7) is 2.46. The number of hydrogen-bond donors (Lipinski definition) is 1. The van der Waals surface area contributed by atoms with Crippen LogP contribution in [0.4, 0.5) is 5.82 Å². The quantitative estimate of drug-likeness (QED) is 0.893. The molecule has 0 saturated carbocycles. The van der Waals surface area contributed by atoms with Crippen LogP contribution in [0.15, 0.2) is 30.3 Å². The van der Waals surface area contributed by atoms with Gasteiger partial charge in [0.2, 0.25) is 5.88 Å². The Morgan fingerprint density at radius 1 is 1.11 bits per heavy atom. The molecule has 0 aliphatic rings. The zero-order valence-corrected chi connectivity index (χ0v) is 11.3. The fourth-order valence-corrected chi connectivity index (χ4v) is 1.77. The predicted octanol–water partition coefficient (Wildman–Crippen LogP) is 2.41. The van der Waals surface area contributed by atoms with E-state index in [1.807, 2.05) is 31.2 Å². The zero-order valence-electron chi connectivity index (χ0n) is 11.3. The van der Waals surface area contributed by atoms with Crippen molar-refractivity contribution < 1.29 is 9.47 Å². The van der Waals surface area contributed by atoms with Crippen LogP contribution >= 0.6 is 0 Å². The molecule has 0 fully saturated rings. The van der Waals surface area contributed by atoms with Crippen LogP contribution in [0.3, 0.4) is 0 Å². The zero-order chi connectivity index (χ0) is 13.7. The molecule has 0 aliphatic carbocycles. The maximum atomic E-state index is 5.30. The second kappa shape index (κ2) is 6.04. The maximum Gasteiger partial charge on any atom is 0.218 e. The van der Waals surface area contributed by atoms with Gasteiger partial charge in [-0.25, -0.2) is 4.98 Å². The molecule has 5 nitrogen and oxygen atoms in total. The molecular weight excluding hydrogens is 242 g/mol. The van der Waals surface area contributed by atoms with E-state index in [4.69, 9.17) is 9.47 Å². The van der Waals surface area contributed by atoms with E-state index in [0.29, 0.717) is 18.2 Å². The Morgan fingerprint density at radius 3 is 2.63 bits per heavy atom. The molecule has 0 unspecified atom stereocenters. The summed E-state index contributed by atoms with van der Waals surface area (Å²) in [5.74, 6) is 2.81. The van der Waals surface area contributed by atoms with Crippen molar-refractivity contribution in [3.8, 4) is 11.6 Å². The average molecular weight is 259 g/mol. The summed E-state index contributed by atoms with van der Waals surface area (Å²) in [5, 5.41) is 3.24. The highest BCUT2D eigenvalue weighted by atomic mass is 16.5. The Bertz CT molecular complexity index is 558. The van der Waals surface area contributed by atoms with E-state index in [1.54, 1.807) is 20.3 Å². The van der Waals surface area contributed by atoms with Crippen molar-refractivity contribution in [2.24, 2.45) is 0 Å². The van der Waals surface area contributed by atoms with Gasteiger partial charge in [-0.3, -0.25) is 0 Å². The van der Waals surface area contributed by atoms with Gasteiger partial charge in [-0.2, -0.15) is 4.98 Å². The molecule has 1 aromatic heterocycles. The van der Waals surface area contributed by atoms with Gasteiger partial charge in [-0.15, -0.1) is 0 Å². The summed E-state index contributed by atoms with van der Waals surface area (Å²) < 4.78 is 10.4. The number of aromatic nitrogens is 2. The largest absolute Gasteiger partial charge is 0.496 e. The standard InChI is InChI=1S/C14H17N3O2/c1-10-16-13(8-14(17-10)19-3)15-9-11-6-4-5-7-12(11)18-2/h4-8H,9H2,1-3H3,(H,15,16,17). The van der Waals surface area contributed by atoms with E-state index < -0.39 is 0 Å². The number of aryl methyl sites for hydroxylation is 1. The maximum absolute atomic E-state index is 5.30. The Labute approximate surface area is 112 Å². The molecule has 0 amide bonds. The number of rotatable bonds is 5. The third-order valence-electron chi connectivity index (χ3n) is 2.68. The van der Waals surface area contributed by atoms with E-state index in [1.165, 1.54) is 0 Å². The first-order valence-corrected chi connectivity index (χ1v) is 5.98. The lowest BCUT2D eigenvalue weighted by molar-refractivity contribution is 0.396. The summed E-state index contributed by atoms with van der Waals surface area (Å²) in [7, 11) is 3.25. The van der Waals surface area contributed by atoms with Gasteiger partial charge in [0.25, 0.3) is 0 Å². The van der Waals surface area contributed by atoms with Gasteiger partial charge < -0.3 is 14.8 Å². The number of hydrogen-bond acceptors (Lipinski definition) is 5. The Hall–Kier alpha value is -2.30. The fourth-order valence-electron chi connectivity index (χ4n) is 1.77. The van der Waals surface area contributed by atoms with Crippen LogP contribution in [0.1, 0.15) is 11.4 Å². The number of anilines is 1. The molecule has 1 aromatic carbocycles. The van der Waals surface area contributed by atoms with Gasteiger partial charge in [-0.1, -0.05) is 18.2 Å². The van der Waals surface area contributed by atoms with Crippen molar-refractivity contribution >= 4 is 5.82 Å². The fraction of sp³-hybridized carbons (Fsp3) is 0.286. The Morgan fingerprint density at radius 2 is 1.89 bits per heavy atom. The number of benzene rings is 1. The minimum atomic E-state index is 0.551. The normalized spacial score (nSPS) is 10.1. The molecular formula is C14H17N3O2. The third-order valence-corrected chi connectivity index (χ3v) is 2.68. The van der Waals surface area contributed by atoms with E-state index in [-0.39, 0.29) is 0 Å². The van der Waals surface area contributed by atoms with Crippen LogP contribution in [0.2, 0.25) is 0 Å². The number of para-hydroxylation sites is 1. The molecule has 2 aromatic rings. The average Bonchev–Trinajstić information content (AvgIpc) is 2.44. The molecule has 5 heteroatoms. The summed E-state index contributed by atoms with van der Waals surface area (Å²) in [6.07, 6.45) is 0. The molecule has 0 radical (unpaired) electrons. The summed E-state index contributed by atoms with van der Waals surface area (Å²) in [5.41, 5.74) is 1.07. The van der Waals surface area contributed by atoms with Gasteiger partial charge >= 0.3 is 0 Å². The number of nitrogens with zero attached hydrogens (tertiary/aromatic N) is 2. The van der Waals surface area contributed by atoms with Gasteiger partial charge in [0.15, 0.2) is 0 Å². The molecule has 0 spiro atoms. The second-order valence-electron chi connectivity index (χ2n) is 4.01. The minimum Gasteiger partial charge on any atom is -0.496 e. The first-order valence-electron chi connectivity index (χ1n) is 5.98. The first-order chi connectivity index (χ1) is 9.22. The van der Waals surface area contributed by atoms with Gasteiger partial charge in [0.05, 0.1) is 14.2 Å². The van der Waals surface area contributed by atoms with Crippen LogP contribution in [-0.2, 0) is 6.54 Å². The van der Waals surface area contributed by atoms with Gasteiger partial charge in [-0.05, 0) is 13.0 Å². The van der Waals surface area contributed by atoms with Gasteiger partial charge in [0, 0.05) is 18.2 Å². The van der Waals surface area contributed by atoms with Crippen molar-refractivity contribution in [3.05, 3.63) is 41.7 Å². The van der Waals surface area contributed by atoms with Crippen molar-refractivity contribution in [2.45, 2.75) is 13.5 Å². The van der Waals surface area contributed by atoms with Crippen LogP contribution in [0.25, 0.3) is 0 Å². The predicted molar refractivity (Wildman–Crippen MR) is 73.6 cm³/mol.